The molecule has 0 unspecified atom stereocenters. The van der Waals surface area contributed by atoms with Crippen LogP contribution in [0.25, 0.3) is 16.9 Å². The average Bonchev–Trinajstić information content (AvgIpc) is 3.41. The second-order valence-corrected chi connectivity index (χ2v) is 7.48. The minimum atomic E-state index is -2.63. The van der Waals surface area contributed by atoms with Gasteiger partial charge >= 0.3 is 0 Å². The van der Waals surface area contributed by atoms with Crippen LogP contribution in [0.3, 0.4) is 0 Å². The van der Waals surface area contributed by atoms with Crippen molar-refractivity contribution >= 4 is 17.4 Å². The Bertz CT molecular complexity index is 1260. The van der Waals surface area contributed by atoms with Crippen molar-refractivity contribution in [2.75, 3.05) is 5.32 Å². The Kier molecular flexibility index (Phi) is 4.72. The lowest BCUT2D eigenvalue weighted by Gasteiger charge is -2.13. The number of carbonyl (C=O) groups excluding carboxylic acids is 1. The maximum absolute atomic E-state index is 13.4. The number of rotatable bonds is 6. The molecule has 5 rings (SSSR count). The average molecular weight is 425 g/mol. The summed E-state index contributed by atoms with van der Waals surface area (Å²) < 4.78 is 43.3. The summed E-state index contributed by atoms with van der Waals surface area (Å²) in [6, 6.07) is 10.9. The van der Waals surface area contributed by atoms with Crippen LogP contribution in [0.2, 0.25) is 0 Å². The molecule has 0 spiro atoms. The third kappa shape index (κ3) is 3.67. The van der Waals surface area contributed by atoms with Gasteiger partial charge in [0.25, 0.3) is 12.3 Å². The predicted octanol–water partition coefficient (Wildman–Crippen LogP) is 4.73. The number of hydrogen-bond acceptors (Lipinski definition) is 3. The van der Waals surface area contributed by atoms with E-state index < -0.39 is 24.7 Å². The standard InChI is InChI=1S/C22H18F3N5O/c23-15-8-6-13(7-9-15)19-21(30(12-17(24)25)20(27-19)14-4-5-14)28-22(31)16-11-26-18-3-1-2-10-29(16)18/h1-3,6-11,14,17H,4-5,12H2,(H,28,31). The van der Waals surface area contributed by atoms with E-state index in [-0.39, 0.29) is 17.4 Å². The molecule has 1 saturated carbocycles. The SMILES string of the molecule is O=C(Nc1c(-c2ccc(F)cc2)nc(C2CC2)n1CC(F)F)c1cnc2ccccn12. The Hall–Kier alpha value is -3.62. The molecular weight excluding hydrogens is 407 g/mol. The molecule has 0 aliphatic heterocycles. The molecule has 4 aromatic rings. The summed E-state index contributed by atoms with van der Waals surface area (Å²) in [6.07, 6.45) is 2.20. The van der Waals surface area contributed by atoms with Crippen LogP contribution in [0.4, 0.5) is 19.0 Å². The largest absolute Gasteiger partial charge is 0.308 e. The van der Waals surface area contributed by atoms with Gasteiger partial charge in [-0.3, -0.25) is 9.20 Å². The zero-order valence-corrected chi connectivity index (χ0v) is 16.3. The minimum absolute atomic E-state index is 0.0689. The second kappa shape index (κ2) is 7.57. The Labute approximate surface area is 175 Å². The number of alkyl halides is 2. The van der Waals surface area contributed by atoms with E-state index in [0.717, 1.165) is 12.8 Å². The van der Waals surface area contributed by atoms with Crippen LogP contribution in [-0.4, -0.2) is 31.3 Å². The first-order valence-electron chi connectivity index (χ1n) is 9.89. The Morgan fingerprint density at radius 3 is 2.65 bits per heavy atom. The Morgan fingerprint density at radius 2 is 1.94 bits per heavy atom. The van der Waals surface area contributed by atoms with Gasteiger partial charge in [-0.15, -0.1) is 0 Å². The zero-order chi connectivity index (χ0) is 21.5. The highest BCUT2D eigenvalue weighted by Gasteiger charge is 2.33. The lowest BCUT2D eigenvalue weighted by atomic mass is 10.1. The van der Waals surface area contributed by atoms with Crippen molar-refractivity contribution in [3.05, 3.63) is 72.2 Å². The number of imidazole rings is 2. The van der Waals surface area contributed by atoms with E-state index in [1.807, 2.05) is 0 Å². The number of nitrogens with one attached hydrogen (secondary N) is 1. The molecule has 31 heavy (non-hydrogen) atoms. The van der Waals surface area contributed by atoms with Gasteiger partial charge in [-0.2, -0.15) is 0 Å². The van der Waals surface area contributed by atoms with Crippen molar-refractivity contribution in [3.8, 4) is 11.3 Å². The molecular formula is C22H18F3N5O. The van der Waals surface area contributed by atoms with Gasteiger partial charge in [-0.1, -0.05) is 6.07 Å². The summed E-state index contributed by atoms with van der Waals surface area (Å²) in [5, 5.41) is 2.77. The Balaban J connectivity index is 1.61. The number of halogens is 3. The molecule has 0 atom stereocenters. The maximum atomic E-state index is 13.4. The minimum Gasteiger partial charge on any atom is -0.308 e. The molecule has 1 N–H and O–H groups in total. The number of benzene rings is 1. The summed E-state index contributed by atoms with van der Waals surface area (Å²) >= 11 is 0. The highest BCUT2D eigenvalue weighted by atomic mass is 19.3. The monoisotopic (exact) mass is 425 g/mol. The summed E-state index contributed by atoms with van der Waals surface area (Å²) in [4.78, 5) is 21.9. The number of hydrogen-bond donors (Lipinski definition) is 1. The third-order valence-corrected chi connectivity index (χ3v) is 5.26. The van der Waals surface area contributed by atoms with E-state index in [1.165, 1.54) is 35.0 Å². The summed E-state index contributed by atoms with van der Waals surface area (Å²) in [7, 11) is 0. The molecule has 1 amide bonds. The zero-order valence-electron chi connectivity index (χ0n) is 16.3. The molecule has 158 valence electrons. The molecule has 0 bridgehead atoms. The summed E-state index contributed by atoms with van der Waals surface area (Å²) in [5.41, 5.74) is 1.72. The first kappa shape index (κ1) is 19.3. The molecule has 6 nitrogen and oxygen atoms in total. The van der Waals surface area contributed by atoms with Gasteiger partial charge in [0, 0.05) is 17.7 Å². The molecule has 1 aliphatic rings. The topological polar surface area (TPSA) is 64.2 Å². The number of aromatic nitrogens is 4. The molecule has 1 aromatic carbocycles. The van der Waals surface area contributed by atoms with Crippen LogP contribution < -0.4 is 5.32 Å². The van der Waals surface area contributed by atoms with E-state index in [9.17, 15) is 18.0 Å². The molecule has 1 aliphatic carbocycles. The number of carbonyl (C=O) groups is 1. The van der Waals surface area contributed by atoms with Crippen molar-refractivity contribution in [3.63, 3.8) is 0 Å². The number of anilines is 1. The van der Waals surface area contributed by atoms with Gasteiger partial charge in [0.1, 0.15) is 34.5 Å². The van der Waals surface area contributed by atoms with Gasteiger partial charge < -0.3 is 9.88 Å². The highest BCUT2D eigenvalue weighted by Crippen LogP contribution is 2.43. The summed E-state index contributed by atoms with van der Waals surface area (Å²) in [6.45, 7) is -0.594. The molecule has 0 saturated heterocycles. The number of pyridine rings is 1. The second-order valence-electron chi connectivity index (χ2n) is 7.48. The van der Waals surface area contributed by atoms with E-state index in [4.69, 9.17) is 0 Å². The van der Waals surface area contributed by atoms with Gasteiger partial charge in [-0.05, 0) is 49.2 Å². The molecule has 1 fully saturated rings. The first-order valence-corrected chi connectivity index (χ1v) is 9.89. The van der Waals surface area contributed by atoms with Crippen molar-refractivity contribution in [2.24, 2.45) is 0 Å². The third-order valence-electron chi connectivity index (χ3n) is 5.26. The predicted molar refractivity (Wildman–Crippen MR) is 109 cm³/mol. The smallest absolute Gasteiger partial charge is 0.275 e. The van der Waals surface area contributed by atoms with Crippen LogP contribution in [0.15, 0.2) is 54.9 Å². The van der Waals surface area contributed by atoms with Gasteiger partial charge in [-0.25, -0.2) is 23.1 Å². The van der Waals surface area contributed by atoms with Gasteiger partial charge in [0.2, 0.25) is 0 Å². The molecule has 3 heterocycles. The normalized spacial score (nSPS) is 13.8. The van der Waals surface area contributed by atoms with Crippen LogP contribution in [0.5, 0.6) is 0 Å². The van der Waals surface area contributed by atoms with Crippen LogP contribution >= 0.6 is 0 Å². The molecule has 0 radical (unpaired) electrons. The fourth-order valence-electron chi connectivity index (χ4n) is 3.65. The fraction of sp³-hybridized carbons (Fsp3) is 0.227. The quantitative estimate of drug-likeness (QED) is 0.486. The lowest BCUT2D eigenvalue weighted by Crippen LogP contribution is -2.20. The van der Waals surface area contributed by atoms with E-state index in [2.05, 4.69) is 15.3 Å². The number of fused-ring (bicyclic) bond motifs is 1. The number of amides is 1. The Morgan fingerprint density at radius 1 is 1.16 bits per heavy atom. The van der Waals surface area contributed by atoms with Crippen molar-refractivity contribution in [1.29, 1.82) is 0 Å². The molecule has 9 heteroatoms. The fourth-order valence-corrected chi connectivity index (χ4v) is 3.65. The van der Waals surface area contributed by atoms with Gasteiger partial charge in [0.05, 0.1) is 12.7 Å². The van der Waals surface area contributed by atoms with E-state index in [1.54, 1.807) is 28.8 Å². The van der Waals surface area contributed by atoms with Crippen molar-refractivity contribution in [2.45, 2.75) is 31.7 Å². The number of nitrogens with zero attached hydrogens (tertiary/aromatic N) is 4. The van der Waals surface area contributed by atoms with Crippen LogP contribution in [0, 0.1) is 5.82 Å². The molecule has 3 aromatic heterocycles. The first-order chi connectivity index (χ1) is 15.0. The van der Waals surface area contributed by atoms with E-state index >= 15 is 0 Å². The van der Waals surface area contributed by atoms with Crippen LogP contribution in [0.1, 0.15) is 35.1 Å². The lowest BCUT2D eigenvalue weighted by molar-refractivity contribution is 0.101. The highest BCUT2D eigenvalue weighted by molar-refractivity contribution is 6.04. The van der Waals surface area contributed by atoms with Crippen molar-refractivity contribution < 1.29 is 18.0 Å². The van der Waals surface area contributed by atoms with Crippen molar-refractivity contribution in [1.82, 2.24) is 18.9 Å². The maximum Gasteiger partial charge on any atom is 0.275 e. The van der Waals surface area contributed by atoms with Crippen LogP contribution in [-0.2, 0) is 6.54 Å². The summed E-state index contributed by atoms with van der Waals surface area (Å²) in [5.74, 6) is -0.175. The van der Waals surface area contributed by atoms with E-state index in [0.29, 0.717) is 22.7 Å². The van der Waals surface area contributed by atoms with Gasteiger partial charge in [0.15, 0.2) is 0 Å².